The largest absolute Gasteiger partial charge is 0.452 e. The van der Waals surface area contributed by atoms with Crippen LogP contribution in [0.4, 0.5) is 4.79 Å². The molecule has 13 heavy (non-hydrogen) atoms. The molecule has 0 atom stereocenters. The van der Waals surface area contributed by atoms with Crippen molar-refractivity contribution in [3.63, 3.8) is 0 Å². The van der Waals surface area contributed by atoms with Crippen LogP contribution in [0.5, 0.6) is 0 Å². The van der Waals surface area contributed by atoms with Crippen molar-refractivity contribution < 1.29 is 14.3 Å². The van der Waals surface area contributed by atoms with Gasteiger partial charge in [0.15, 0.2) is 5.78 Å². The molecule has 72 valence electrons. The molecular formula is C9H13NO3. The number of carbonyl (C=O) groups is 2. The van der Waals surface area contributed by atoms with E-state index in [9.17, 15) is 9.59 Å². The number of carbonyl (C=O) groups excluding carboxylic acids is 2. The quantitative estimate of drug-likeness (QED) is 0.648. The molecule has 0 heterocycles. The first-order valence-electron chi connectivity index (χ1n) is 4.28. The van der Waals surface area contributed by atoms with Gasteiger partial charge in [-0.25, -0.2) is 4.79 Å². The van der Waals surface area contributed by atoms with Crippen LogP contribution >= 0.6 is 0 Å². The molecule has 4 nitrogen and oxygen atoms in total. The Morgan fingerprint density at radius 2 is 2.31 bits per heavy atom. The predicted molar refractivity (Wildman–Crippen MR) is 47.1 cm³/mol. The van der Waals surface area contributed by atoms with E-state index in [0.717, 1.165) is 5.70 Å². The Morgan fingerprint density at radius 1 is 1.62 bits per heavy atom. The summed E-state index contributed by atoms with van der Waals surface area (Å²) in [5.74, 6) is 0.0809. The van der Waals surface area contributed by atoms with Gasteiger partial charge >= 0.3 is 6.09 Å². The third kappa shape index (κ3) is 2.08. The number of nitrogens with zero attached hydrogens (tertiary/aromatic N) is 1. The minimum absolute atomic E-state index is 0.0809. The Hall–Kier alpha value is -1.32. The summed E-state index contributed by atoms with van der Waals surface area (Å²) in [6.45, 7) is 2.38. The van der Waals surface area contributed by atoms with E-state index >= 15 is 0 Å². The maximum atomic E-state index is 11.2. The van der Waals surface area contributed by atoms with Gasteiger partial charge in [0.2, 0.25) is 0 Å². The van der Waals surface area contributed by atoms with Crippen molar-refractivity contribution >= 4 is 11.9 Å². The van der Waals surface area contributed by atoms with Crippen LogP contribution in [-0.4, -0.2) is 30.4 Å². The van der Waals surface area contributed by atoms with Gasteiger partial charge in [-0.15, -0.1) is 0 Å². The summed E-state index contributed by atoms with van der Waals surface area (Å²) in [4.78, 5) is 23.6. The van der Waals surface area contributed by atoms with Gasteiger partial charge in [-0.3, -0.25) is 9.69 Å². The Bertz CT molecular complexity index is 258. The molecule has 4 heteroatoms. The third-order valence-corrected chi connectivity index (χ3v) is 2.01. The van der Waals surface area contributed by atoms with Crippen LogP contribution in [0.3, 0.4) is 0 Å². The monoisotopic (exact) mass is 183 g/mol. The van der Waals surface area contributed by atoms with Crippen LogP contribution in [0.1, 0.15) is 19.8 Å². The maximum absolute atomic E-state index is 11.2. The van der Waals surface area contributed by atoms with E-state index < -0.39 is 6.09 Å². The van der Waals surface area contributed by atoms with Gasteiger partial charge in [-0.1, -0.05) is 0 Å². The lowest BCUT2D eigenvalue weighted by Gasteiger charge is -2.19. The Labute approximate surface area is 77.2 Å². The lowest BCUT2D eigenvalue weighted by atomic mass is 10.3. The van der Waals surface area contributed by atoms with Gasteiger partial charge in [0, 0.05) is 24.7 Å². The van der Waals surface area contributed by atoms with Crippen LogP contribution in [0.25, 0.3) is 0 Å². The fourth-order valence-corrected chi connectivity index (χ4v) is 1.35. The summed E-state index contributed by atoms with van der Waals surface area (Å²) < 4.78 is 4.59. The van der Waals surface area contributed by atoms with Crippen molar-refractivity contribution in [3.05, 3.63) is 11.8 Å². The maximum Gasteiger partial charge on any atom is 0.413 e. The van der Waals surface area contributed by atoms with Gasteiger partial charge < -0.3 is 4.74 Å². The Kier molecular flexibility index (Phi) is 3.06. The van der Waals surface area contributed by atoms with Crippen molar-refractivity contribution in [2.45, 2.75) is 19.8 Å². The second-order valence-corrected chi connectivity index (χ2v) is 2.82. The topological polar surface area (TPSA) is 46.6 Å². The average Bonchev–Trinajstić information content (AvgIpc) is 2.53. The predicted octanol–water partition coefficient (Wildman–Crippen LogP) is 1.32. The smallest absolute Gasteiger partial charge is 0.413 e. The standard InChI is InChI=1S/C9H13NO3/c1-3-10(9(12)13-2)7-4-5-8(11)6-7/h6H,3-5H2,1-2H3. The molecule has 0 aromatic carbocycles. The zero-order valence-electron chi connectivity index (χ0n) is 7.87. The molecular weight excluding hydrogens is 170 g/mol. The normalized spacial score (nSPS) is 15.5. The number of methoxy groups -OCH3 is 1. The highest BCUT2D eigenvalue weighted by Gasteiger charge is 2.21. The number of ketones is 1. The van der Waals surface area contributed by atoms with Gasteiger partial charge in [0.25, 0.3) is 0 Å². The molecule has 0 N–H and O–H groups in total. The lowest BCUT2D eigenvalue weighted by molar-refractivity contribution is -0.114. The highest BCUT2D eigenvalue weighted by molar-refractivity contribution is 5.93. The Morgan fingerprint density at radius 3 is 2.69 bits per heavy atom. The minimum atomic E-state index is -0.400. The van der Waals surface area contributed by atoms with Crippen molar-refractivity contribution in [2.24, 2.45) is 0 Å². The zero-order valence-corrected chi connectivity index (χ0v) is 7.87. The van der Waals surface area contributed by atoms with Crippen molar-refractivity contribution in [1.29, 1.82) is 0 Å². The van der Waals surface area contributed by atoms with Gasteiger partial charge in [-0.2, -0.15) is 0 Å². The van der Waals surface area contributed by atoms with E-state index in [-0.39, 0.29) is 5.78 Å². The van der Waals surface area contributed by atoms with Gasteiger partial charge in [0.1, 0.15) is 0 Å². The number of allylic oxidation sites excluding steroid dienone is 2. The number of hydrogen-bond acceptors (Lipinski definition) is 3. The number of hydrogen-bond donors (Lipinski definition) is 0. The molecule has 0 aliphatic heterocycles. The molecule has 0 aromatic heterocycles. The number of rotatable bonds is 2. The second kappa shape index (κ2) is 4.07. The molecule has 0 saturated carbocycles. The summed E-state index contributed by atoms with van der Waals surface area (Å²) in [5, 5.41) is 0. The molecule has 0 radical (unpaired) electrons. The third-order valence-electron chi connectivity index (χ3n) is 2.01. The number of ether oxygens (including phenoxy) is 1. The van der Waals surface area contributed by atoms with Crippen LogP contribution in [0, 0.1) is 0 Å². The fourth-order valence-electron chi connectivity index (χ4n) is 1.35. The van der Waals surface area contributed by atoms with E-state index in [1.165, 1.54) is 18.1 Å². The molecule has 0 aromatic rings. The van der Waals surface area contributed by atoms with Crippen LogP contribution < -0.4 is 0 Å². The summed E-state index contributed by atoms with van der Waals surface area (Å²) in [7, 11) is 1.34. The van der Waals surface area contributed by atoms with E-state index in [4.69, 9.17) is 0 Å². The lowest BCUT2D eigenvalue weighted by Crippen LogP contribution is -2.29. The molecule has 1 aliphatic carbocycles. The summed E-state index contributed by atoms with van der Waals surface area (Å²) in [5.41, 5.74) is 0.763. The SMILES string of the molecule is CCN(C(=O)OC)C1=CC(=O)CC1. The van der Waals surface area contributed by atoms with Crippen molar-refractivity contribution in [2.75, 3.05) is 13.7 Å². The molecule has 0 saturated heterocycles. The molecule has 0 fully saturated rings. The van der Waals surface area contributed by atoms with E-state index in [0.29, 0.717) is 19.4 Å². The summed E-state index contributed by atoms with van der Waals surface area (Å²) in [6, 6.07) is 0. The minimum Gasteiger partial charge on any atom is -0.452 e. The first-order valence-corrected chi connectivity index (χ1v) is 4.28. The van der Waals surface area contributed by atoms with Crippen LogP contribution in [0.2, 0.25) is 0 Å². The van der Waals surface area contributed by atoms with Crippen LogP contribution in [0.15, 0.2) is 11.8 Å². The molecule has 1 aliphatic rings. The van der Waals surface area contributed by atoms with Gasteiger partial charge in [-0.05, 0) is 13.3 Å². The molecule has 0 bridgehead atoms. The van der Waals surface area contributed by atoms with Crippen molar-refractivity contribution in [1.82, 2.24) is 4.90 Å². The molecule has 0 unspecified atom stereocenters. The highest BCUT2D eigenvalue weighted by Crippen LogP contribution is 2.19. The number of amides is 1. The zero-order chi connectivity index (χ0) is 9.84. The van der Waals surface area contributed by atoms with Crippen molar-refractivity contribution in [3.8, 4) is 0 Å². The average molecular weight is 183 g/mol. The Balaban J connectivity index is 2.72. The second-order valence-electron chi connectivity index (χ2n) is 2.82. The van der Waals surface area contributed by atoms with Gasteiger partial charge in [0.05, 0.1) is 7.11 Å². The first kappa shape index (κ1) is 9.77. The summed E-state index contributed by atoms with van der Waals surface area (Å²) in [6.07, 6.45) is 2.26. The molecule has 1 amide bonds. The first-order chi connectivity index (χ1) is 6.19. The van der Waals surface area contributed by atoms with Crippen LogP contribution in [-0.2, 0) is 9.53 Å². The molecule has 0 spiro atoms. The van der Waals surface area contributed by atoms with E-state index in [1.807, 2.05) is 6.92 Å². The summed E-state index contributed by atoms with van der Waals surface area (Å²) >= 11 is 0. The fraction of sp³-hybridized carbons (Fsp3) is 0.556. The molecule has 1 rings (SSSR count). The van der Waals surface area contributed by atoms with E-state index in [1.54, 1.807) is 0 Å². The van der Waals surface area contributed by atoms with E-state index in [2.05, 4.69) is 4.74 Å². The highest BCUT2D eigenvalue weighted by atomic mass is 16.5.